The molecule has 0 N–H and O–H groups in total. The number of unbranched alkanes of at least 4 members (excludes halogenated alkanes) is 1. The van der Waals surface area contributed by atoms with Gasteiger partial charge in [-0.1, -0.05) is 34.1 Å². The van der Waals surface area contributed by atoms with Crippen LogP contribution in [0.2, 0.25) is 0 Å². The van der Waals surface area contributed by atoms with E-state index >= 15 is 0 Å². The van der Waals surface area contributed by atoms with Crippen LogP contribution < -0.4 is 0 Å². The molecule has 12 heavy (non-hydrogen) atoms. The highest BCUT2D eigenvalue weighted by molar-refractivity contribution is 5.80. The fourth-order valence-corrected chi connectivity index (χ4v) is 1.44. The summed E-state index contributed by atoms with van der Waals surface area (Å²) in [7, 11) is 0. The number of carbonyl (C=O) groups excluding carboxylic acids is 1. The second-order valence-corrected chi connectivity index (χ2v) is 4.10. The van der Waals surface area contributed by atoms with Gasteiger partial charge in [-0.25, -0.2) is 0 Å². The van der Waals surface area contributed by atoms with Crippen LogP contribution in [0.5, 0.6) is 0 Å². The van der Waals surface area contributed by atoms with Gasteiger partial charge in [-0.15, -0.1) is 0 Å². The molecule has 0 aromatic heterocycles. The minimum atomic E-state index is 0.275. The van der Waals surface area contributed by atoms with Crippen molar-refractivity contribution in [1.82, 2.24) is 0 Å². The lowest BCUT2D eigenvalue weighted by molar-refractivity contribution is -0.122. The molecule has 0 heterocycles. The highest BCUT2D eigenvalue weighted by atomic mass is 16.1. The molecule has 1 unspecified atom stereocenters. The van der Waals surface area contributed by atoms with Gasteiger partial charge in [0.15, 0.2) is 0 Å². The summed E-state index contributed by atoms with van der Waals surface area (Å²) >= 11 is 0. The Morgan fingerprint density at radius 2 is 1.83 bits per heavy atom. The van der Waals surface area contributed by atoms with Gasteiger partial charge >= 0.3 is 0 Å². The van der Waals surface area contributed by atoms with Gasteiger partial charge in [0.25, 0.3) is 0 Å². The van der Waals surface area contributed by atoms with Crippen LogP contribution in [0.25, 0.3) is 0 Å². The van der Waals surface area contributed by atoms with Crippen LogP contribution in [0.1, 0.15) is 53.4 Å². The molecule has 72 valence electrons. The minimum Gasteiger partial charge on any atom is -0.299 e. The Morgan fingerprint density at radius 1 is 1.25 bits per heavy atom. The first-order valence-corrected chi connectivity index (χ1v) is 5.10. The van der Waals surface area contributed by atoms with Gasteiger partial charge in [-0.3, -0.25) is 4.79 Å². The minimum absolute atomic E-state index is 0.275. The number of Topliss-reactive ketones (excluding diaryl/α,β-unsaturated/α-hetero) is 1. The molecule has 0 aliphatic carbocycles. The third-order valence-corrected chi connectivity index (χ3v) is 2.15. The zero-order valence-electron chi connectivity index (χ0n) is 8.89. The van der Waals surface area contributed by atoms with E-state index in [9.17, 15) is 4.79 Å². The molecule has 1 heteroatoms. The fourth-order valence-electron chi connectivity index (χ4n) is 1.44. The Morgan fingerprint density at radius 3 is 2.25 bits per heavy atom. The van der Waals surface area contributed by atoms with E-state index in [1.807, 2.05) is 0 Å². The molecule has 0 aliphatic rings. The molecule has 0 saturated heterocycles. The first-order chi connectivity index (χ1) is 5.57. The van der Waals surface area contributed by atoms with Gasteiger partial charge in [-0.05, 0) is 18.8 Å². The first-order valence-electron chi connectivity index (χ1n) is 5.10. The molecule has 0 rings (SSSR count). The van der Waals surface area contributed by atoms with E-state index in [-0.39, 0.29) is 5.92 Å². The maximum absolute atomic E-state index is 11.4. The summed E-state index contributed by atoms with van der Waals surface area (Å²) < 4.78 is 0. The van der Waals surface area contributed by atoms with Gasteiger partial charge < -0.3 is 0 Å². The Kier molecular flexibility index (Phi) is 6.04. The van der Waals surface area contributed by atoms with E-state index in [0.717, 1.165) is 25.7 Å². The molecule has 0 aliphatic heterocycles. The number of hydrogen-bond donors (Lipinski definition) is 0. The van der Waals surface area contributed by atoms with Crippen LogP contribution >= 0.6 is 0 Å². The lowest BCUT2D eigenvalue weighted by Gasteiger charge is -2.11. The second kappa shape index (κ2) is 6.22. The summed E-state index contributed by atoms with van der Waals surface area (Å²) in [5.74, 6) is 1.37. The summed E-state index contributed by atoms with van der Waals surface area (Å²) in [5, 5.41) is 0. The van der Waals surface area contributed by atoms with E-state index in [1.54, 1.807) is 0 Å². The molecule has 0 aromatic carbocycles. The highest BCUT2D eigenvalue weighted by Crippen LogP contribution is 2.14. The second-order valence-electron chi connectivity index (χ2n) is 4.10. The van der Waals surface area contributed by atoms with Crippen LogP contribution in [-0.2, 0) is 4.79 Å². The van der Waals surface area contributed by atoms with Crippen molar-refractivity contribution in [3.63, 3.8) is 0 Å². The third-order valence-electron chi connectivity index (χ3n) is 2.15. The summed E-state index contributed by atoms with van der Waals surface area (Å²) in [6.07, 6.45) is 4.01. The smallest absolute Gasteiger partial charge is 0.135 e. The van der Waals surface area contributed by atoms with Gasteiger partial charge in [0, 0.05) is 12.3 Å². The molecule has 1 nitrogen and oxygen atoms in total. The molecule has 0 spiro atoms. The van der Waals surface area contributed by atoms with Crippen molar-refractivity contribution in [2.24, 2.45) is 11.8 Å². The molecular formula is C11H22O. The van der Waals surface area contributed by atoms with Crippen molar-refractivity contribution in [2.75, 3.05) is 0 Å². The summed E-state index contributed by atoms with van der Waals surface area (Å²) in [4.78, 5) is 11.4. The van der Waals surface area contributed by atoms with Crippen molar-refractivity contribution in [3.05, 3.63) is 0 Å². The van der Waals surface area contributed by atoms with Crippen molar-refractivity contribution in [3.8, 4) is 0 Å². The first kappa shape index (κ1) is 11.7. The van der Waals surface area contributed by atoms with Crippen LogP contribution in [-0.4, -0.2) is 5.78 Å². The van der Waals surface area contributed by atoms with Gasteiger partial charge in [0.1, 0.15) is 5.78 Å². The Balaban J connectivity index is 3.61. The van der Waals surface area contributed by atoms with Crippen LogP contribution in [0, 0.1) is 11.8 Å². The SMILES string of the molecule is CCCCC(=O)C(C)CC(C)C. The summed E-state index contributed by atoms with van der Waals surface area (Å²) in [6, 6.07) is 0. The average Bonchev–Trinajstić information content (AvgIpc) is 1.98. The fraction of sp³-hybridized carbons (Fsp3) is 0.909. The summed E-state index contributed by atoms with van der Waals surface area (Å²) in [6.45, 7) is 8.52. The van der Waals surface area contributed by atoms with Crippen LogP contribution in [0.15, 0.2) is 0 Å². The Labute approximate surface area is 76.6 Å². The molecular weight excluding hydrogens is 148 g/mol. The molecule has 1 atom stereocenters. The Bertz CT molecular complexity index is 127. The zero-order chi connectivity index (χ0) is 9.56. The number of carbonyl (C=O) groups is 1. The zero-order valence-corrected chi connectivity index (χ0v) is 8.89. The largest absolute Gasteiger partial charge is 0.299 e. The molecule has 0 radical (unpaired) electrons. The quantitative estimate of drug-likeness (QED) is 0.597. The van der Waals surface area contributed by atoms with E-state index in [4.69, 9.17) is 0 Å². The predicted molar refractivity (Wildman–Crippen MR) is 53.2 cm³/mol. The highest BCUT2D eigenvalue weighted by Gasteiger charge is 2.12. The maximum atomic E-state index is 11.4. The standard InChI is InChI=1S/C11H22O/c1-5-6-7-11(12)10(4)8-9(2)3/h9-10H,5-8H2,1-4H3. The third kappa shape index (κ3) is 5.34. The van der Waals surface area contributed by atoms with E-state index < -0.39 is 0 Å². The Hall–Kier alpha value is -0.330. The molecule has 0 amide bonds. The van der Waals surface area contributed by atoms with Crippen molar-refractivity contribution < 1.29 is 4.79 Å². The van der Waals surface area contributed by atoms with Gasteiger partial charge in [-0.2, -0.15) is 0 Å². The van der Waals surface area contributed by atoms with Crippen LogP contribution in [0.3, 0.4) is 0 Å². The van der Waals surface area contributed by atoms with E-state index in [1.165, 1.54) is 0 Å². The van der Waals surface area contributed by atoms with E-state index in [2.05, 4.69) is 27.7 Å². The lowest BCUT2D eigenvalue weighted by atomic mass is 9.93. The van der Waals surface area contributed by atoms with Gasteiger partial charge in [0.05, 0.1) is 0 Å². The normalized spacial score (nSPS) is 13.4. The van der Waals surface area contributed by atoms with Crippen molar-refractivity contribution in [2.45, 2.75) is 53.4 Å². The monoisotopic (exact) mass is 170 g/mol. The number of rotatable bonds is 6. The maximum Gasteiger partial charge on any atom is 0.135 e. The predicted octanol–water partition coefficient (Wildman–Crippen LogP) is 3.43. The van der Waals surface area contributed by atoms with E-state index in [0.29, 0.717) is 11.7 Å². The molecule has 0 bridgehead atoms. The lowest BCUT2D eigenvalue weighted by Crippen LogP contribution is -2.12. The number of ketones is 1. The average molecular weight is 170 g/mol. The van der Waals surface area contributed by atoms with Crippen LogP contribution in [0.4, 0.5) is 0 Å². The number of hydrogen-bond acceptors (Lipinski definition) is 1. The molecule has 0 aromatic rings. The molecule has 0 saturated carbocycles. The molecule has 0 fully saturated rings. The van der Waals surface area contributed by atoms with Crippen molar-refractivity contribution in [1.29, 1.82) is 0 Å². The topological polar surface area (TPSA) is 17.1 Å². The van der Waals surface area contributed by atoms with Gasteiger partial charge in [0.2, 0.25) is 0 Å². The summed E-state index contributed by atoms with van der Waals surface area (Å²) in [5.41, 5.74) is 0. The van der Waals surface area contributed by atoms with Crippen molar-refractivity contribution >= 4 is 5.78 Å².